The van der Waals surface area contributed by atoms with Gasteiger partial charge in [0.05, 0.1) is 5.69 Å². The Morgan fingerprint density at radius 2 is 1.81 bits per heavy atom. The van der Waals surface area contributed by atoms with Gasteiger partial charge in [-0.3, -0.25) is 4.98 Å². The molecule has 21 heavy (non-hydrogen) atoms. The van der Waals surface area contributed by atoms with Crippen molar-refractivity contribution in [3.63, 3.8) is 0 Å². The lowest BCUT2D eigenvalue weighted by Crippen LogP contribution is -2.40. The summed E-state index contributed by atoms with van der Waals surface area (Å²) in [6.45, 7) is 1.17. The van der Waals surface area contributed by atoms with Gasteiger partial charge in [-0.15, -0.1) is 0 Å². The monoisotopic (exact) mass is 287 g/mol. The lowest BCUT2D eigenvalue weighted by molar-refractivity contribution is -0.0187. The van der Waals surface area contributed by atoms with Gasteiger partial charge in [-0.25, -0.2) is 4.39 Å². The third-order valence-electron chi connectivity index (χ3n) is 4.30. The second-order valence-electron chi connectivity index (χ2n) is 5.43. The van der Waals surface area contributed by atoms with Crippen molar-refractivity contribution >= 4 is 0 Å². The van der Waals surface area contributed by atoms with Gasteiger partial charge in [-0.2, -0.15) is 0 Å². The third-order valence-corrected chi connectivity index (χ3v) is 4.30. The van der Waals surface area contributed by atoms with Crippen molar-refractivity contribution in [2.24, 2.45) is 0 Å². The molecule has 1 aromatic carbocycles. The smallest absolute Gasteiger partial charge is 0.123 e. The molecule has 0 unspecified atom stereocenters. The van der Waals surface area contributed by atoms with Crippen LogP contribution >= 0.6 is 0 Å². The van der Waals surface area contributed by atoms with E-state index in [0.717, 1.165) is 5.56 Å². The van der Waals surface area contributed by atoms with E-state index < -0.39 is 11.5 Å². The molecule has 1 N–H and O–H groups in total. The lowest BCUT2D eigenvalue weighted by Gasteiger charge is -2.41. The Morgan fingerprint density at radius 3 is 2.43 bits per heavy atom. The van der Waals surface area contributed by atoms with E-state index in [-0.39, 0.29) is 5.82 Å². The predicted molar refractivity (Wildman–Crippen MR) is 77.3 cm³/mol. The van der Waals surface area contributed by atoms with Gasteiger partial charge in [-0.1, -0.05) is 18.2 Å². The summed E-state index contributed by atoms with van der Waals surface area (Å²) < 4.78 is 18.7. The standard InChI is InChI=1S/C17H18FNO2/c18-14-6-4-13(5-7-14)17(8-11-21-12-9-17)16(20)15-3-1-2-10-19-15/h1-7,10,16,20H,8-9,11-12H2/t16-/m0/s1. The molecule has 4 heteroatoms. The summed E-state index contributed by atoms with van der Waals surface area (Å²) in [5.41, 5.74) is 1.11. The number of aromatic nitrogens is 1. The van der Waals surface area contributed by atoms with Gasteiger partial charge in [0.1, 0.15) is 11.9 Å². The minimum atomic E-state index is -0.729. The molecule has 3 nitrogen and oxygen atoms in total. The summed E-state index contributed by atoms with van der Waals surface area (Å²) >= 11 is 0. The molecule has 1 saturated heterocycles. The normalized spacial score (nSPS) is 19.1. The summed E-state index contributed by atoms with van der Waals surface area (Å²) in [5.74, 6) is -0.270. The van der Waals surface area contributed by atoms with Crippen LogP contribution in [0.25, 0.3) is 0 Å². The number of halogens is 1. The number of aliphatic hydroxyl groups excluding tert-OH is 1. The number of pyridine rings is 1. The average molecular weight is 287 g/mol. The number of nitrogens with zero attached hydrogens (tertiary/aromatic N) is 1. The molecule has 0 saturated carbocycles. The molecule has 0 radical (unpaired) electrons. The van der Waals surface area contributed by atoms with E-state index >= 15 is 0 Å². The van der Waals surface area contributed by atoms with Crippen LogP contribution in [-0.2, 0) is 10.2 Å². The van der Waals surface area contributed by atoms with Gasteiger partial charge in [0.15, 0.2) is 0 Å². The quantitative estimate of drug-likeness (QED) is 0.943. The highest BCUT2D eigenvalue weighted by Crippen LogP contribution is 2.44. The van der Waals surface area contributed by atoms with Crippen LogP contribution in [0, 0.1) is 5.82 Å². The number of aliphatic hydroxyl groups is 1. The van der Waals surface area contributed by atoms with Crippen LogP contribution in [0.3, 0.4) is 0 Å². The first-order chi connectivity index (χ1) is 10.2. The minimum absolute atomic E-state index is 0.270. The third kappa shape index (κ3) is 2.69. The Bertz CT molecular complexity index is 579. The molecule has 2 aromatic rings. The Morgan fingerprint density at radius 1 is 1.10 bits per heavy atom. The maximum Gasteiger partial charge on any atom is 0.123 e. The van der Waals surface area contributed by atoms with E-state index in [4.69, 9.17) is 4.74 Å². The first-order valence-corrected chi connectivity index (χ1v) is 7.15. The van der Waals surface area contributed by atoms with Gasteiger partial charge < -0.3 is 9.84 Å². The zero-order valence-corrected chi connectivity index (χ0v) is 11.7. The number of hydrogen-bond acceptors (Lipinski definition) is 3. The van der Waals surface area contributed by atoms with Crippen molar-refractivity contribution in [1.29, 1.82) is 0 Å². The Hall–Kier alpha value is -1.78. The van der Waals surface area contributed by atoms with E-state index in [1.54, 1.807) is 18.3 Å². The molecule has 110 valence electrons. The SMILES string of the molecule is O[C@@H](c1ccccn1)C1(c2ccc(F)cc2)CCOCC1. The van der Waals surface area contributed by atoms with Crippen molar-refractivity contribution in [2.45, 2.75) is 24.4 Å². The van der Waals surface area contributed by atoms with Crippen LogP contribution < -0.4 is 0 Å². The van der Waals surface area contributed by atoms with E-state index in [0.29, 0.717) is 31.7 Å². The summed E-state index contributed by atoms with van der Waals surface area (Å²) in [4.78, 5) is 4.28. The first kappa shape index (κ1) is 14.2. The average Bonchev–Trinajstić information content (AvgIpc) is 2.56. The van der Waals surface area contributed by atoms with E-state index in [2.05, 4.69) is 4.98 Å². The van der Waals surface area contributed by atoms with Crippen LogP contribution in [0.1, 0.15) is 30.2 Å². The number of hydrogen-bond donors (Lipinski definition) is 1. The van der Waals surface area contributed by atoms with Crippen molar-refractivity contribution in [3.8, 4) is 0 Å². The molecule has 0 amide bonds. The molecule has 1 aromatic heterocycles. The second-order valence-corrected chi connectivity index (χ2v) is 5.43. The molecule has 1 fully saturated rings. The van der Waals surface area contributed by atoms with Crippen LogP contribution in [0.5, 0.6) is 0 Å². The summed E-state index contributed by atoms with van der Waals surface area (Å²) in [6.07, 6.45) is 2.33. The molecule has 0 bridgehead atoms. The highest BCUT2D eigenvalue weighted by atomic mass is 19.1. The van der Waals surface area contributed by atoms with E-state index in [9.17, 15) is 9.50 Å². The number of benzene rings is 1. The Labute approximate surface area is 123 Å². The lowest BCUT2D eigenvalue weighted by atomic mass is 9.69. The fourth-order valence-electron chi connectivity index (χ4n) is 3.06. The molecular weight excluding hydrogens is 269 g/mol. The van der Waals surface area contributed by atoms with Gasteiger partial charge in [0, 0.05) is 24.8 Å². The van der Waals surface area contributed by atoms with Gasteiger partial charge in [-0.05, 0) is 42.7 Å². The molecule has 2 heterocycles. The molecule has 1 aliphatic rings. The summed E-state index contributed by atoms with van der Waals surface area (Å²) in [6, 6.07) is 11.9. The van der Waals surface area contributed by atoms with Crippen molar-refractivity contribution < 1.29 is 14.2 Å². The van der Waals surface area contributed by atoms with E-state index in [1.165, 1.54) is 12.1 Å². The molecule has 1 atom stereocenters. The molecule has 1 aliphatic heterocycles. The topological polar surface area (TPSA) is 42.4 Å². The summed E-state index contributed by atoms with van der Waals surface area (Å²) in [5, 5.41) is 10.9. The number of rotatable bonds is 3. The predicted octanol–water partition coefficient (Wildman–Crippen LogP) is 3.00. The molecule has 0 aliphatic carbocycles. The second kappa shape index (κ2) is 5.92. The maximum absolute atomic E-state index is 13.2. The zero-order chi connectivity index (χ0) is 14.7. The van der Waals surface area contributed by atoms with Crippen molar-refractivity contribution in [1.82, 2.24) is 4.98 Å². The van der Waals surface area contributed by atoms with Crippen LogP contribution in [0.15, 0.2) is 48.7 Å². The minimum Gasteiger partial charge on any atom is -0.386 e. The Balaban J connectivity index is 2.02. The Kier molecular flexibility index (Phi) is 3.99. The largest absolute Gasteiger partial charge is 0.386 e. The zero-order valence-electron chi connectivity index (χ0n) is 11.7. The molecular formula is C17H18FNO2. The maximum atomic E-state index is 13.2. The molecule has 0 spiro atoms. The van der Waals surface area contributed by atoms with Gasteiger partial charge in [0.25, 0.3) is 0 Å². The van der Waals surface area contributed by atoms with E-state index in [1.807, 2.05) is 18.2 Å². The fraction of sp³-hybridized carbons (Fsp3) is 0.353. The first-order valence-electron chi connectivity index (χ1n) is 7.15. The van der Waals surface area contributed by atoms with Crippen LogP contribution in [0.4, 0.5) is 4.39 Å². The van der Waals surface area contributed by atoms with Crippen molar-refractivity contribution in [3.05, 3.63) is 65.7 Å². The van der Waals surface area contributed by atoms with Crippen LogP contribution in [-0.4, -0.2) is 23.3 Å². The van der Waals surface area contributed by atoms with Gasteiger partial charge >= 0.3 is 0 Å². The fourth-order valence-corrected chi connectivity index (χ4v) is 3.06. The number of ether oxygens (including phenoxy) is 1. The van der Waals surface area contributed by atoms with Gasteiger partial charge in [0.2, 0.25) is 0 Å². The van der Waals surface area contributed by atoms with Crippen molar-refractivity contribution in [2.75, 3.05) is 13.2 Å². The summed E-state index contributed by atoms with van der Waals surface area (Å²) in [7, 11) is 0. The van der Waals surface area contributed by atoms with Crippen LogP contribution in [0.2, 0.25) is 0 Å². The highest BCUT2D eigenvalue weighted by molar-refractivity contribution is 5.31. The highest BCUT2D eigenvalue weighted by Gasteiger charge is 2.42. The molecule has 3 rings (SSSR count).